The molecular weight excluding hydrogens is 296 g/mol. The van der Waals surface area contributed by atoms with Crippen molar-refractivity contribution in [2.75, 3.05) is 0 Å². The molecule has 1 fully saturated rings. The molecule has 1 nitrogen and oxygen atoms in total. The van der Waals surface area contributed by atoms with E-state index in [1.807, 2.05) is 18.2 Å². The third-order valence-electron chi connectivity index (χ3n) is 2.61. The van der Waals surface area contributed by atoms with Crippen LogP contribution >= 0.6 is 31.9 Å². The van der Waals surface area contributed by atoms with E-state index >= 15 is 0 Å². The third kappa shape index (κ3) is 1.69. The van der Waals surface area contributed by atoms with Gasteiger partial charge in [0.15, 0.2) is 0 Å². The molecule has 0 bridgehead atoms. The Kier molecular flexibility index (Phi) is 2.51. The molecule has 0 unspecified atom stereocenters. The molecule has 0 saturated heterocycles. The second kappa shape index (κ2) is 3.37. The monoisotopic (exact) mass is 304 g/mol. The number of benzene rings is 1. The van der Waals surface area contributed by atoms with Crippen molar-refractivity contribution in [3.63, 3.8) is 0 Å². The Morgan fingerprint density at radius 3 is 2.46 bits per heavy atom. The van der Waals surface area contributed by atoms with Crippen LogP contribution in [0.2, 0.25) is 0 Å². The quantitative estimate of drug-likeness (QED) is 0.841. The maximum Gasteiger partial charge on any atom is 0.0907 e. The summed E-state index contributed by atoms with van der Waals surface area (Å²) in [7, 11) is 0. The molecule has 0 amide bonds. The van der Waals surface area contributed by atoms with Crippen LogP contribution in [0.1, 0.15) is 24.8 Å². The van der Waals surface area contributed by atoms with Crippen LogP contribution in [0.3, 0.4) is 0 Å². The van der Waals surface area contributed by atoms with Crippen LogP contribution in [0.15, 0.2) is 27.1 Å². The Labute approximate surface area is 94.4 Å². The zero-order chi connectivity index (χ0) is 9.47. The summed E-state index contributed by atoms with van der Waals surface area (Å²) < 4.78 is 2.02. The molecule has 1 saturated carbocycles. The molecular formula is C10H10Br2O. The summed E-state index contributed by atoms with van der Waals surface area (Å²) >= 11 is 6.87. The molecule has 2 rings (SSSR count). The molecule has 0 aromatic heterocycles. The van der Waals surface area contributed by atoms with Gasteiger partial charge in [-0.25, -0.2) is 0 Å². The Balaban J connectivity index is 2.43. The minimum atomic E-state index is -0.581. The van der Waals surface area contributed by atoms with Gasteiger partial charge in [0.1, 0.15) is 0 Å². The van der Waals surface area contributed by atoms with Gasteiger partial charge >= 0.3 is 0 Å². The first kappa shape index (κ1) is 9.69. The van der Waals surface area contributed by atoms with E-state index in [0.717, 1.165) is 33.8 Å². The highest BCUT2D eigenvalue weighted by atomic mass is 79.9. The lowest BCUT2D eigenvalue weighted by Crippen LogP contribution is -2.33. The van der Waals surface area contributed by atoms with Crippen molar-refractivity contribution in [1.82, 2.24) is 0 Å². The standard InChI is InChI=1S/C10H10Br2O/c11-7-2-3-9(12)8(6-7)10(13)4-1-5-10/h2-3,6,13H,1,4-5H2. The van der Waals surface area contributed by atoms with Gasteiger partial charge in [0.25, 0.3) is 0 Å². The lowest BCUT2D eigenvalue weighted by Gasteiger charge is -2.37. The van der Waals surface area contributed by atoms with Gasteiger partial charge in [-0.1, -0.05) is 31.9 Å². The van der Waals surface area contributed by atoms with Gasteiger partial charge in [0.2, 0.25) is 0 Å². The summed E-state index contributed by atoms with van der Waals surface area (Å²) in [6.45, 7) is 0. The maximum absolute atomic E-state index is 10.1. The lowest BCUT2D eigenvalue weighted by atomic mass is 9.75. The summed E-state index contributed by atoms with van der Waals surface area (Å²) in [4.78, 5) is 0. The normalized spacial score (nSPS) is 19.6. The average molecular weight is 306 g/mol. The number of hydrogen-bond donors (Lipinski definition) is 1. The van der Waals surface area contributed by atoms with Gasteiger partial charge in [0.05, 0.1) is 5.60 Å². The summed E-state index contributed by atoms with van der Waals surface area (Å²) in [5.74, 6) is 0. The number of halogens is 2. The highest BCUT2D eigenvalue weighted by Gasteiger charge is 2.37. The first-order valence-corrected chi connectivity index (χ1v) is 5.88. The molecule has 0 heterocycles. The summed E-state index contributed by atoms with van der Waals surface area (Å²) in [6.07, 6.45) is 2.87. The van der Waals surface area contributed by atoms with Crippen LogP contribution < -0.4 is 0 Å². The predicted molar refractivity (Wildman–Crippen MR) is 59.6 cm³/mol. The fraction of sp³-hybridized carbons (Fsp3) is 0.400. The van der Waals surface area contributed by atoms with Crippen molar-refractivity contribution in [2.45, 2.75) is 24.9 Å². The second-order valence-electron chi connectivity index (χ2n) is 3.51. The van der Waals surface area contributed by atoms with Gasteiger partial charge in [-0.2, -0.15) is 0 Å². The summed E-state index contributed by atoms with van der Waals surface area (Å²) in [6, 6.07) is 5.93. The van der Waals surface area contributed by atoms with Gasteiger partial charge in [0, 0.05) is 8.95 Å². The van der Waals surface area contributed by atoms with Gasteiger partial charge in [-0.3, -0.25) is 0 Å². The van der Waals surface area contributed by atoms with E-state index < -0.39 is 5.60 Å². The van der Waals surface area contributed by atoms with E-state index in [1.54, 1.807) is 0 Å². The predicted octanol–water partition coefficient (Wildman–Crippen LogP) is 3.58. The SMILES string of the molecule is OC1(c2cc(Br)ccc2Br)CCC1. The Morgan fingerprint density at radius 2 is 1.92 bits per heavy atom. The van der Waals surface area contributed by atoms with Gasteiger partial charge in [-0.05, 0) is 43.0 Å². The molecule has 3 heteroatoms. The zero-order valence-corrected chi connectivity index (χ0v) is 10.2. The van der Waals surface area contributed by atoms with Gasteiger partial charge in [-0.15, -0.1) is 0 Å². The van der Waals surface area contributed by atoms with Crippen LogP contribution in [0, 0.1) is 0 Å². The molecule has 1 N–H and O–H groups in total. The highest BCUT2D eigenvalue weighted by molar-refractivity contribution is 9.11. The van der Waals surface area contributed by atoms with Crippen molar-refractivity contribution in [3.8, 4) is 0 Å². The van der Waals surface area contributed by atoms with Crippen LogP contribution in [-0.4, -0.2) is 5.11 Å². The first-order chi connectivity index (χ1) is 6.12. The molecule has 1 aliphatic rings. The van der Waals surface area contributed by atoms with Crippen molar-refractivity contribution in [1.29, 1.82) is 0 Å². The minimum absolute atomic E-state index is 0.581. The lowest BCUT2D eigenvalue weighted by molar-refractivity contribution is -0.0394. The van der Waals surface area contributed by atoms with Crippen LogP contribution in [0.5, 0.6) is 0 Å². The molecule has 1 aromatic rings. The largest absolute Gasteiger partial charge is 0.385 e. The molecule has 0 atom stereocenters. The molecule has 0 radical (unpaired) electrons. The smallest absolute Gasteiger partial charge is 0.0907 e. The van der Waals surface area contributed by atoms with Gasteiger partial charge < -0.3 is 5.11 Å². The number of rotatable bonds is 1. The fourth-order valence-corrected chi connectivity index (χ4v) is 2.61. The van der Waals surface area contributed by atoms with E-state index in [-0.39, 0.29) is 0 Å². The van der Waals surface area contributed by atoms with Crippen molar-refractivity contribution >= 4 is 31.9 Å². The third-order valence-corrected chi connectivity index (χ3v) is 3.80. The zero-order valence-electron chi connectivity index (χ0n) is 7.06. The number of hydrogen-bond acceptors (Lipinski definition) is 1. The molecule has 1 aromatic carbocycles. The molecule has 0 aliphatic heterocycles. The second-order valence-corrected chi connectivity index (χ2v) is 5.28. The van der Waals surface area contributed by atoms with Crippen LogP contribution in [0.4, 0.5) is 0 Å². The molecule has 1 aliphatic carbocycles. The summed E-state index contributed by atoms with van der Waals surface area (Å²) in [5, 5.41) is 10.1. The molecule has 70 valence electrons. The van der Waals surface area contributed by atoms with Crippen molar-refractivity contribution in [3.05, 3.63) is 32.7 Å². The minimum Gasteiger partial charge on any atom is -0.385 e. The van der Waals surface area contributed by atoms with Crippen molar-refractivity contribution in [2.24, 2.45) is 0 Å². The summed E-state index contributed by atoms with van der Waals surface area (Å²) in [5.41, 5.74) is 0.427. The highest BCUT2D eigenvalue weighted by Crippen LogP contribution is 2.44. The van der Waals surface area contributed by atoms with E-state index in [2.05, 4.69) is 31.9 Å². The van der Waals surface area contributed by atoms with Crippen molar-refractivity contribution < 1.29 is 5.11 Å². The van der Waals surface area contributed by atoms with Crippen LogP contribution in [-0.2, 0) is 5.60 Å². The fourth-order valence-electron chi connectivity index (χ4n) is 1.64. The number of aliphatic hydroxyl groups is 1. The Hall–Kier alpha value is 0.140. The van der Waals surface area contributed by atoms with E-state index in [0.29, 0.717) is 0 Å². The molecule has 13 heavy (non-hydrogen) atoms. The van der Waals surface area contributed by atoms with E-state index in [9.17, 15) is 5.11 Å². The maximum atomic E-state index is 10.1. The topological polar surface area (TPSA) is 20.2 Å². The average Bonchev–Trinajstić information content (AvgIpc) is 2.05. The Bertz CT molecular complexity index is 332. The first-order valence-electron chi connectivity index (χ1n) is 4.30. The van der Waals surface area contributed by atoms with E-state index in [1.165, 1.54) is 0 Å². The van der Waals surface area contributed by atoms with E-state index in [4.69, 9.17) is 0 Å². The molecule has 0 spiro atoms. The Morgan fingerprint density at radius 1 is 1.23 bits per heavy atom. The van der Waals surface area contributed by atoms with Crippen LogP contribution in [0.25, 0.3) is 0 Å².